The molecule has 0 unspecified atom stereocenters. The Labute approximate surface area is 78.0 Å². The van der Waals surface area contributed by atoms with Crippen LogP contribution < -0.4 is 0 Å². The van der Waals surface area contributed by atoms with Gasteiger partial charge in [0.2, 0.25) is 0 Å². The Hall–Kier alpha value is -1.50. The average molecular weight is 172 g/mol. The van der Waals surface area contributed by atoms with Gasteiger partial charge in [0.1, 0.15) is 5.76 Å². The van der Waals surface area contributed by atoms with Gasteiger partial charge >= 0.3 is 0 Å². The number of rotatable bonds is 2. The first-order valence-corrected chi connectivity index (χ1v) is 4.53. The van der Waals surface area contributed by atoms with Crippen molar-refractivity contribution in [3.8, 4) is 11.3 Å². The summed E-state index contributed by atoms with van der Waals surface area (Å²) in [5.41, 5.74) is 2.50. The van der Waals surface area contributed by atoms with E-state index >= 15 is 0 Å². The Kier molecular flexibility index (Phi) is 2.17. The summed E-state index contributed by atoms with van der Waals surface area (Å²) in [7, 11) is 0. The maximum absolute atomic E-state index is 5.29. The van der Waals surface area contributed by atoms with E-state index in [0.717, 1.165) is 17.7 Å². The lowest BCUT2D eigenvalue weighted by molar-refractivity contribution is 0.582. The van der Waals surface area contributed by atoms with Gasteiger partial charge in [0, 0.05) is 5.56 Å². The number of benzene rings is 1. The molecular weight excluding hydrogens is 160 g/mol. The zero-order chi connectivity index (χ0) is 9.10. The van der Waals surface area contributed by atoms with Gasteiger partial charge < -0.3 is 4.42 Å². The third-order valence-electron chi connectivity index (χ3n) is 2.17. The van der Waals surface area contributed by atoms with Crippen LogP contribution in [0.1, 0.15) is 12.5 Å². The van der Waals surface area contributed by atoms with E-state index in [2.05, 4.69) is 31.2 Å². The summed E-state index contributed by atoms with van der Waals surface area (Å²) in [5.74, 6) is 0.933. The molecule has 0 N–H and O–H groups in total. The Morgan fingerprint density at radius 2 is 1.85 bits per heavy atom. The molecular formula is C12H12O. The number of hydrogen-bond donors (Lipinski definition) is 0. The second-order valence-corrected chi connectivity index (χ2v) is 3.03. The molecule has 0 saturated carbocycles. The third kappa shape index (κ3) is 1.64. The van der Waals surface area contributed by atoms with Gasteiger partial charge in [0.05, 0.1) is 6.26 Å². The summed E-state index contributed by atoms with van der Waals surface area (Å²) < 4.78 is 5.29. The molecule has 1 aromatic heterocycles. The van der Waals surface area contributed by atoms with Crippen LogP contribution in [0.2, 0.25) is 0 Å². The molecule has 0 aliphatic rings. The first kappa shape index (κ1) is 8.11. The minimum absolute atomic E-state index is 0.933. The summed E-state index contributed by atoms with van der Waals surface area (Å²) in [4.78, 5) is 0. The second kappa shape index (κ2) is 3.48. The highest BCUT2D eigenvalue weighted by molar-refractivity contribution is 5.57. The van der Waals surface area contributed by atoms with E-state index in [1.54, 1.807) is 6.26 Å². The van der Waals surface area contributed by atoms with Crippen molar-refractivity contribution >= 4 is 0 Å². The lowest BCUT2D eigenvalue weighted by Gasteiger charge is -1.98. The number of hydrogen-bond acceptors (Lipinski definition) is 1. The van der Waals surface area contributed by atoms with Crippen molar-refractivity contribution in [3.63, 3.8) is 0 Å². The molecule has 1 nitrogen and oxygen atoms in total. The maximum Gasteiger partial charge on any atom is 0.133 e. The summed E-state index contributed by atoms with van der Waals surface area (Å²) >= 11 is 0. The topological polar surface area (TPSA) is 13.1 Å². The zero-order valence-corrected chi connectivity index (χ0v) is 7.66. The van der Waals surface area contributed by atoms with Crippen LogP contribution >= 0.6 is 0 Å². The molecule has 66 valence electrons. The molecule has 0 atom stereocenters. The Balaban J connectivity index is 2.33. The molecule has 0 aliphatic heterocycles. The Morgan fingerprint density at radius 1 is 1.08 bits per heavy atom. The van der Waals surface area contributed by atoms with Crippen LogP contribution in [0, 0.1) is 0 Å². The molecule has 0 amide bonds. The van der Waals surface area contributed by atoms with E-state index in [0.29, 0.717) is 0 Å². The van der Waals surface area contributed by atoms with Crippen molar-refractivity contribution in [2.75, 3.05) is 0 Å². The van der Waals surface area contributed by atoms with Crippen molar-refractivity contribution in [1.82, 2.24) is 0 Å². The fourth-order valence-corrected chi connectivity index (χ4v) is 1.35. The van der Waals surface area contributed by atoms with Crippen molar-refractivity contribution in [2.45, 2.75) is 13.3 Å². The molecule has 13 heavy (non-hydrogen) atoms. The molecule has 1 heterocycles. The van der Waals surface area contributed by atoms with Crippen molar-refractivity contribution in [3.05, 3.63) is 48.2 Å². The van der Waals surface area contributed by atoms with E-state index in [1.807, 2.05) is 12.1 Å². The lowest BCUT2D eigenvalue weighted by atomic mass is 10.1. The van der Waals surface area contributed by atoms with Crippen LogP contribution in [0.5, 0.6) is 0 Å². The van der Waals surface area contributed by atoms with Gasteiger partial charge in [0.25, 0.3) is 0 Å². The van der Waals surface area contributed by atoms with Gasteiger partial charge in [-0.2, -0.15) is 0 Å². The predicted molar refractivity (Wildman–Crippen MR) is 53.5 cm³/mol. The first-order valence-electron chi connectivity index (χ1n) is 4.53. The van der Waals surface area contributed by atoms with E-state index in [9.17, 15) is 0 Å². The van der Waals surface area contributed by atoms with Crippen molar-refractivity contribution in [2.24, 2.45) is 0 Å². The van der Waals surface area contributed by atoms with Crippen LogP contribution in [0.4, 0.5) is 0 Å². The number of furan rings is 1. The smallest absolute Gasteiger partial charge is 0.133 e. The normalized spacial score (nSPS) is 10.2. The molecule has 0 radical (unpaired) electrons. The van der Waals surface area contributed by atoms with E-state index < -0.39 is 0 Å². The first-order chi connectivity index (χ1) is 6.40. The average Bonchev–Trinajstić information content (AvgIpc) is 2.71. The molecule has 1 heteroatoms. The highest BCUT2D eigenvalue weighted by atomic mass is 16.3. The summed E-state index contributed by atoms with van der Waals surface area (Å²) in [6.07, 6.45) is 2.78. The summed E-state index contributed by atoms with van der Waals surface area (Å²) in [5, 5.41) is 0. The van der Waals surface area contributed by atoms with Gasteiger partial charge in [0.15, 0.2) is 0 Å². The summed E-state index contributed by atoms with van der Waals surface area (Å²) in [6.45, 7) is 2.15. The number of aryl methyl sites for hydroxylation is 1. The SMILES string of the molecule is CCc1ccc(-c2ccco2)cc1. The van der Waals surface area contributed by atoms with Crippen molar-refractivity contribution in [1.29, 1.82) is 0 Å². The quantitative estimate of drug-likeness (QED) is 0.675. The molecule has 0 aliphatic carbocycles. The highest BCUT2D eigenvalue weighted by Gasteiger charge is 1.98. The third-order valence-corrected chi connectivity index (χ3v) is 2.17. The largest absolute Gasteiger partial charge is 0.464 e. The Bertz CT molecular complexity index is 357. The van der Waals surface area contributed by atoms with Crippen molar-refractivity contribution < 1.29 is 4.42 Å². The standard InChI is InChI=1S/C12H12O/c1-2-10-5-7-11(8-6-10)12-4-3-9-13-12/h3-9H,2H2,1H3. The molecule has 0 bridgehead atoms. The lowest BCUT2D eigenvalue weighted by Crippen LogP contribution is -1.79. The van der Waals surface area contributed by atoms with E-state index in [4.69, 9.17) is 4.42 Å². The molecule has 2 rings (SSSR count). The van der Waals surface area contributed by atoms with Crippen LogP contribution in [0.3, 0.4) is 0 Å². The van der Waals surface area contributed by atoms with Gasteiger partial charge in [-0.05, 0) is 24.1 Å². The van der Waals surface area contributed by atoms with Gasteiger partial charge in [-0.25, -0.2) is 0 Å². The Morgan fingerprint density at radius 3 is 2.38 bits per heavy atom. The fourth-order valence-electron chi connectivity index (χ4n) is 1.35. The minimum Gasteiger partial charge on any atom is -0.464 e. The summed E-state index contributed by atoms with van der Waals surface area (Å²) in [6, 6.07) is 12.3. The predicted octanol–water partition coefficient (Wildman–Crippen LogP) is 3.51. The van der Waals surface area contributed by atoms with Gasteiger partial charge in [-0.1, -0.05) is 31.2 Å². The van der Waals surface area contributed by atoms with Crippen LogP contribution in [0.15, 0.2) is 47.1 Å². The highest BCUT2D eigenvalue weighted by Crippen LogP contribution is 2.19. The minimum atomic E-state index is 0.933. The van der Waals surface area contributed by atoms with Gasteiger partial charge in [-0.15, -0.1) is 0 Å². The fraction of sp³-hybridized carbons (Fsp3) is 0.167. The molecule has 1 aromatic carbocycles. The van der Waals surface area contributed by atoms with E-state index in [-0.39, 0.29) is 0 Å². The molecule has 0 saturated heterocycles. The second-order valence-electron chi connectivity index (χ2n) is 3.03. The maximum atomic E-state index is 5.29. The monoisotopic (exact) mass is 172 g/mol. The van der Waals surface area contributed by atoms with Gasteiger partial charge in [-0.3, -0.25) is 0 Å². The van der Waals surface area contributed by atoms with Crippen LogP contribution in [0.25, 0.3) is 11.3 Å². The zero-order valence-electron chi connectivity index (χ0n) is 7.66. The van der Waals surface area contributed by atoms with E-state index in [1.165, 1.54) is 5.56 Å². The molecule has 0 spiro atoms. The van der Waals surface area contributed by atoms with Crippen LogP contribution in [-0.4, -0.2) is 0 Å². The van der Waals surface area contributed by atoms with Crippen LogP contribution in [-0.2, 0) is 6.42 Å². The molecule has 0 fully saturated rings. The molecule has 2 aromatic rings.